The number of benzene rings is 2. The van der Waals surface area contributed by atoms with Crippen LogP contribution in [0.25, 0.3) is 10.9 Å². The van der Waals surface area contributed by atoms with Gasteiger partial charge in [0, 0.05) is 17.0 Å². The first-order valence-electron chi connectivity index (χ1n) is 12.3. The zero-order chi connectivity index (χ0) is 27.7. The van der Waals surface area contributed by atoms with Gasteiger partial charge in [-0.3, -0.25) is 0 Å². The van der Waals surface area contributed by atoms with Gasteiger partial charge in [-0.15, -0.1) is 0 Å². The van der Waals surface area contributed by atoms with E-state index in [1.54, 1.807) is 26.0 Å². The third-order valence-corrected chi connectivity index (χ3v) is 6.36. The number of nitrogens with one attached hydrogen (secondary N) is 1. The summed E-state index contributed by atoms with van der Waals surface area (Å²) >= 11 is 0. The molecule has 2 N–H and O–H groups in total. The van der Waals surface area contributed by atoms with Gasteiger partial charge >= 0.3 is 5.92 Å². The maximum Gasteiger partial charge on any atom is 0.303 e. The summed E-state index contributed by atoms with van der Waals surface area (Å²) in [4.78, 5) is 8.95. The van der Waals surface area contributed by atoms with Crippen molar-refractivity contribution in [1.29, 1.82) is 0 Å². The van der Waals surface area contributed by atoms with Crippen LogP contribution in [0.1, 0.15) is 43.8 Å². The minimum absolute atomic E-state index is 0.00438. The molecule has 1 aromatic heterocycles. The van der Waals surface area contributed by atoms with Gasteiger partial charge in [0.05, 0.1) is 44.1 Å². The maximum absolute atomic E-state index is 15.4. The molecule has 2 aromatic carbocycles. The summed E-state index contributed by atoms with van der Waals surface area (Å²) in [6.45, 7) is 6.91. The van der Waals surface area contributed by atoms with E-state index in [0.29, 0.717) is 53.9 Å². The van der Waals surface area contributed by atoms with Gasteiger partial charge in [-0.25, -0.2) is 14.4 Å². The van der Waals surface area contributed by atoms with Crippen LogP contribution in [-0.2, 0) is 15.4 Å². The van der Waals surface area contributed by atoms with E-state index < -0.39 is 28.9 Å². The smallest absolute Gasteiger partial charge is 0.303 e. The van der Waals surface area contributed by atoms with Crippen LogP contribution in [0.4, 0.5) is 19.0 Å². The summed E-state index contributed by atoms with van der Waals surface area (Å²) in [6.07, 6.45) is -0.228. The molecule has 1 aliphatic heterocycles. The molecule has 0 amide bonds. The van der Waals surface area contributed by atoms with E-state index in [2.05, 4.69) is 15.3 Å². The van der Waals surface area contributed by atoms with Crippen LogP contribution in [0.5, 0.6) is 11.5 Å². The SMILES string of the molecule is COc1cc2nc(C)nc(NC(C)c3cccc(C(F)(F)C(C)(C)O)c3F)c2cc1OC[C@H]1COCCO1. The van der Waals surface area contributed by atoms with E-state index in [1.165, 1.54) is 19.2 Å². The number of rotatable bonds is 9. The number of fused-ring (bicyclic) bond motifs is 1. The molecule has 38 heavy (non-hydrogen) atoms. The van der Waals surface area contributed by atoms with Crippen LogP contribution in [0.15, 0.2) is 30.3 Å². The Kier molecular flexibility index (Phi) is 8.01. The van der Waals surface area contributed by atoms with Gasteiger partial charge in [0.15, 0.2) is 11.5 Å². The number of anilines is 1. The highest BCUT2D eigenvalue weighted by Crippen LogP contribution is 2.42. The number of hydrogen-bond acceptors (Lipinski definition) is 8. The molecule has 2 atom stereocenters. The van der Waals surface area contributed by atoms with E-state index >= 15 is 4.39 Å². The Hall–Kier alpha value is -3.15. The number of nitrogens with zero attached hydrogens (tertiary/aromatic N) is 2. The molecule has 0 aliphatic carbocycles. The fraction of sp³-hybridized carbons (Fsp3) is 0.481. The molecule has 11 heteroatoms. The van der Waals surface area contributed by atoms with Gasteiger partial charge < -0.3 is 29.4 Å². The molecule has 1 fully saturated rings. The van der Waals surface area contributed by atoms with Crippen molar-refractivity contribution in [1.82, 2.24) is 9.97 Å². The second-order valence-corrected chi connectivity index (χ2v) is 9.73. The summed E-state index contributed by atoms with van der Waals surface area (Å²) in [6, 6.07) is 6.38. The lowest BCUT2D eigenvalue weighted by molar-refractivity contribution is -0.170. The first-order chi connectivity index (χ1) is 17.9. The van der Waals surface area contributed by atoms with E-state index in [-0.39, 0.29) is 18.3 Å². The van der Waals surface area contributed by atoms with E-state index in [1.807, 2.05) is 0 Å². The Morgan fingerprint density at radius 3 is 2.61 bits per heavy atom. The predicted octanol–water partition coefficient (Wildman–Crippen LogP) is 4.92. The van der Waals surface area contributed by atoms with Crippen molar-refractivity contribution in [3.05, 3.63) is 53.1 Å². The summed E-state index contributed by atoms with van der Waals surface area (Å²) in [7, 11) is 1.52. The molecule has 206 valence electrons. The maximum atomic E-state index is 15.4. The number of aromatic nitrogens is 2. The molecule has 8 nitrogen and oxygen atoms in total. The lowest BCUT2D eigenvalue weighted by atomic mass is 9.91. The summed E-state index contributed by atoms with van der Waals surface area (Å²) < 4.78 is 67.5. The Labute approximate surface area is 219 Å². The summed E-state index contributed by atoms with van der Waals surface area (Å²) in [5.41, 5.74) is -2.78. The van der Waals surface area contributed by atoms with Crippen LogP contribution >= 0.6 is 0 Å². The second-order valence-electron chi connectivity index (χ2n) is 9.73. The van der Waals surface area contributed by atoms with Gasteiger partial charge in [-0.2, -0.15) is 8.78 Å². The highest BCUT2D eigenvalue weighted by molar-refractivity contribution is 5.92. The van der Waals surface area contributed by atoms with Gasteiger partial charge in [-0.05, 0) is 39.8 Å². The number of aryl methyl sites for hydroxylation is 1. The quantitative estimate of drug-likeness (QED) is 0.399. The van der Waals surface area contributed by atoms with Crippen molar-refractivity contribution in [3.8, 4) is 11.5 Å². The largest absolute Gasteiger partial charge is 0.493 e. The van der Waals surface area contributed by atoms with E-state index in [9.17, 15) is 13.9 Å². The topological polar surface area (TPSA) is 95.0 Å². The molecule has 1 unspecified atom stereocenters. The Morgan fingerprint density at radius 2 is 1.95 bits per heavy atom. The Balaban J connectivity index is 1.67. The normalized spacial score (nSPS) is 17.3. The van der Waals surface area contributed by atoms with Gasteiger partial charge in [0.25, 0.3) is 0 Å². The summed E-state index contributed by atoms with van der Waals surface area (Å²) in [5.74, 6) is -3.22. The number of hydrogen-bond donors (Lipinski definition) is 2. The molecule has 3 aromatic rings. The molecule has 1 aliphatic rings. The first kappa shape index (κ1) is 27.9. The molecule has 2 heterocycles. The van der Waals surface area contributed by atoms with Crippen molar-refractivity contribution >= 4 is 16.7 Å². The zero-order valence-electron chi connectivity index (χ0n) is 22.0. The average molecular weight is 536 g/mol. The molecule has 1 saturated heterocycles. The fourth-order valence-electron chi connectivity index (χ4n) is 4.19. The number of alkyl halides is 2. The van der Waals surface area contributed by atoms with Crippen molar-refractivity contribution in [2.75, 3.05) is 38.9 Å². The van der Waals surface area contributed by atoms with Crippen molar-refractivity contribution < 1.29 is 37.2 Å². The minimum atomic E-state index is -3.80. The lowest BCUT2D eigenvalue weighted by Gasteiger charge is -2.30. The number of ether oxygens (including phenoxy) is 4. The zero-order valence-corrected chi connectivity index (χ0v) is 22.0. The molecular weight excluding hydrogens is 503 g/mol. The lowest BCUT2D eigenvalue weighted by Crippen LogP contribution is -2.41. The predicted molar refractivity (Wildman–Crippen MR) is 136 cm³/mol. The highest BCUT2D eigenvalue weighted by Gasteiger charge is 2.49. The highest BCUT2D eigenvalue weighted by atomic mass is 19.3. The molecule has 0 saturated carbocycles. The van der Waals surface area contributed by atoms with Crippen molar-refractivity contribution in [2.24, 2.45) is 0 Å². The van der Waals surface area contributed by atoms with Gasteiger partial charge in [-0.1, -0.05) is 12.1 Å². The third-order valence-electron chi connectivity index (χ3n) is 6.36. The number of methoxy groups -OCH3 is 1. The Morgan fingerprint density at radius 1 is 1.18 bits per heavy atom. The minimum Gasteiger partial charge on any atom is -0.493 e. The third kappa shape index (κ3) is 5.64. The van der Waals surface area contributed by atoms with Crippen LogP contribution in [0.2, 0.25) is 0 Å². The van der Waals surface area contributed by atoms with Crippen LogP contribution in [0, 0.1) is 12.7 Å². The second kappa shape index (κ2) is 10.9. The van der Waals surface area contributed by atoms with E-state index in [0.717, 1.165) is 19.9 Å². The molecule has 0 bridgehead atoms. The van der Waals surface area contributed by atoms with Crippen LogP contribution in [0.3, 0.4) is 0 Å². The molecule has 4 rings (SSSR count). The first-order valence-corrected chi connectivity index (χ1v) is 12.3. The Bertz CT molecular complexity index is 1290. The molecule has 0 spiro atoms. The van der Waals surface area contributed by atoms with Gasteiger partial charge in [0.1, 0.15) is 35.8 Å². The number of halogens is 3. The summed E-state index contributed by atoms with van der Waals surface area (Å²) in [5, 5.41) is 13.6. The average Bonchev–Trinajstić information content (AvgIpc) is 2.86. The number of aliphatic hydroxyl groups is 1. The van der Waals surface area contributed by atoms with Crippen LogP contribution < -0.4 is 14.8 Å². The fourth-order valence-corrected chi connectivity index (χ4v) is 4.19. The van der Waals surface area contributed by atoms with Crippen molar-refractivity contribution in [2.45, 2.75) is 51.4 Å². The van der Waals surface area contributed by atoms with Crippen molar-refractivity contribution in [3.63, 3.8) is 0 Å². The van der Waals surface area contributed by atoms with Gasteiger partial charge in [0.2, 0.25) is 0 Å². The molecular formula is C27H32F3N3O5. The molecule has 0 radical (unpaired) electrons. The van der Waals surface area contributed by atoms with E-state index in [4.69, 9.17) is 18.9 Å². The standard InChI is InChI=1S/C27H32F3N3O5/c1-15(18-7-6-8-20(24(18)28)27(29,30)26(3,4)34)31-25-19-11-23(38-14-17-13-36-9-10-37-17)22(35-5)12-21(19)32-16(2)33-25/h6-8,11-12,15,17,34H,9-10,13-14H2,1-5H3,(H,31,32,33)/t15?,17-/m1/s1. The van der Waals surface area contributed by atoms with Crippen LogP contribution in [-0.4, -0.2) is 60.3 Å². The monoisotopic (exact) mass is 535 g/mol.